The summed E-state index contributed by atoms with van der Waals surface area (Å²) in [6.45, 7) is 8.51. The molecule has 3 saturated heterocycles. The highest BCUT2D eigenvalue weighted by atomic mass is 32.2. The van der Waals surface area contributed by atoms with E-state index in [-0.39, 0.29) is 29.1 Å². The van der Waals surface area contributed by atoms with Crippen LogP contribution in [0.3, 0.4) is 0 Å². The monoisotopic (exact) mass is 643 g/mol. The Morgan fingerprint density at radius 3 is 2.11 bits per heavy atom. The van der Waals surface area contributed by atoms with E-state index in [9.17, 15) is 31.2 Å². The third-order valence-electron chi connectivity index (χ3n) is 8.64. The summed E-state index contributed by atoms with van der Waals surface area (Å²) < 4.78 is 58.5. The Labute approximate surface area is 254 Å². The van der Waals surface area contributed by atoms with Gasteiger partial charge in [0.1, 0.15) is 5.56 Å². The van der Waals surface area contributed by atoms with Gasteiger partial charge in [-0.3, -0.25) is 19.4 Å². The van der Waals surface area contributed by atoms with Gasteiger partial charge in [-0.25, -0.2) is 13.2 Å². The van der Waals surface area contributed by atoms with Crippen molar-refractivity contribution < 1.29 is 36.3 Å². The highest BCUT2D eigenvalue weighted by Gasteiger charge is 2.41. The van der Waals surface area contributed by atoms with E-state index in [0.717, 1.165) is 62.8 Å². The second kappa shape index (κ2) is 13.5. The molecule has 0 spiro atoms. The molecule has 2 aromatic rings. The highest BCUT2D eigenvalue weighted by Crippen LogP contribution is 2.35. The number of hydrogen-bond acceptors (Lipinski definition) is 7. The summed E-state index contributed by atoms with van der Waals surface area (Å²) in [6.07, 6.45) is 0.263. The van der Waals surface area contributed by atoms with E-state index >= 15 is 0 Å². The van der Waals surface area contributed by atoms with Gasteiger partial charge in [0.15, 0.2) is 0 Å². The van der Waals surface area contributed by atoms with Crippen molar-refractivity contribution >= 4 is 32.8 Å². The molecule has 2 bridgehead atoms. The molecule has 1 amide bonds. The van der Waals surface area contributed by atoms with Gasteiger partial charge in [-0.1, -0.05) is 18.2 Å². The Morgan fingerprint density at radius 1 is 1.02 bits per heavy atom. The molecule has 15 heteroatoms. The van der Waals surface area contributed by atoms with Crippen molar-refractivity contribution in [3.63, 3.8) is 0 Å². The number of halogens is 3. The van der Waals surface area contributed by atoms with Crippen LogP contribution in [0.4, 0.5) is 13.2 Å². The van der Waals surface area contributed by atoms with Gasteiger partial charge in [-0.2, -0.15) is 17.5 Å². The number of carboxylic acids is 1. The van der Waals surface area contributed by atoms with Gasteiger partial charge < -0.3 is 15.0 Å². The Balaban J connectivity index is 0.000000566. The molecule has 1 aromatic carbocycles. The number of nitrogens with zero attached hydrogens (tertiary/aromatic N) is 4. The predicted molar refractivity (Wildman–Crippen MR) is 159 cm³/mol. The normalized spacial score (nSPS) is 23.4. The van der Waals surface area contributed by atoms with E-state index in [2.05, 4.69) is 15.1 Å². The van der Waals surface area contributed by atoms with Gasteiger partial charge in [-0.15, -0.1) is 0 Å². The molecule has 4 heterocycles. The molecule has 3 fully saturated rings. The van der Waals surface area contributed by atoms with Crippen LogP contribution in [-0.2, 0) is 14.8 Å². The number of nitrogens with one attached hydrogen (secondary N) is 1. The number of hydrogen-bond donors (Lipinski definition) is 2. The SMILES string of the molecule is CC(C)n1c(=O)c(C(=O)NC2C[C@H]3CC[C@@H](C2)N3CCN2CCN(S(C)(=O)=O)CC2)cc2ccccc21.O=C(O)C(F)(F)F. The number of piperidine rings is 1. The fraction of sp³-hybridized carbons (Fsp3) is 0.621. The number of aliphatic carboxylic acids is 1. The topological polar surface area (TPSA) is 132 Å². The molecule has 0 radical (unpaired) electrons. The summed E-state index contributed by atoms with van der Waals surface area (Å²) in [5.41, 5.74) is 0.834. The summed E-state index contributed by atoms with van der Waals surface area (Å²) in [7, 11) is -3.11. The zero-order valence-electron chi connectivity index (χ0n) is 25.1. The quantitative estimate of drug-likeness (QED) is 0.471. The maximum absolute atomic E-state index is 13.3. The minimum absolute atomic E-state index is 0.0430. The van der Waals surface area contributed by atoms with E-state index in [1.807, 2.05) is 38.1 Å². The summed E-state index contributed by atoms with van der Waals surface area (Å²) in [6, 6.07) is 10.4. The first-order chi connectivity index (χ1) is 20.6. The van der Waals surface area contributed by atoms with Crippen LogP contribution in [0.2, 0.25) is 0 Å². The van der Waals surface area contributed by atoms with E-state index in [1.54, 1.807) is 14.9 Å². The van der Waals surface area contributed by atoms with Gasteiger partial charge in [0.05, 0.1) is 11.8 Å². The van der Waals surface area contributed by atoms with Crippen LogP contribution in [0.25, 0.3) is 10.9 Å². The van der Waals surface area contributed by atoms with Crippen LogP contribution in [0.1, 0.15) is 55.9 Å². The van der Waals surface area contributed by atoms with Crippen LogP contribution in [0.5, 0.6) is 0 Å². The third-order valence-corrected chi connectivity index (χ3v) is 9.95. The lowest BCUT2D eigenvalue weighted by molar-refractivity contribution is -0.192. The second-order valence-corrected chi connectivity index (χ2v) is 13.9. The number of piperazine rings is 1. The van der Waals surface area contributed by atoms with Crippen molar-refractivity contribution in [2.45, 2.75) is 69.9 Å². The molecule has 0 aliphatic carbocycles. The molecule has 44 heavy (non-hydrogen) atoms. The fourth-order valence-corrected chi connectivity index (χ4v) is 7.35. The number of amides is 1. The summed E-state index contributed by atoms with van der Waals surface area (Å²) in [4.78, 5) is 40.4. The van der Waals surface area contributed by atoms with Crippen LogP contribution < -0.4 is 10.9 Å². The Hall–Kier alpha value is -3.01. The molecular formula is C29H40F3N5O6S. The predicted octanol–water partition coefficient (Wildman–Crippen LogP) is 2.52. The lowest BCUT2D eigenvalue weighted by atomic mass is 9.96. The van der Waals surface area contributed by atoms with Crippen LogP contribution in [0.15, 0.2) is 35.1 Å². The Kier molecular flexibility index (Phi) is 10.4. The largest absolute Gasteiger partial charge is 0.490 e. The average molecular weight is 644 g/mol. The van der Waals surface area contributed by atoms with Gasteiger partial charge in [0.25, 0.3) is 11.5 Å². The van der Waals surface area contributed by atoms with E-state index in [1.165, 1.54) is 6.26 Å². The zero-order valence-corrected chi connectivity index (χ0v) is 25.9. The van der Waals surface area contributed by atoms with Crippen LogP contribution in [-0.4, -0.2) is 114 Å². The number of carbonyl (C=O) groups excluding carboxylic acids is 1. The lowest BCUT2D eigenvalue weighted by Gasteiger charge is -2.41. The molecule has 11 nitrogen and oxygen atoms in total. The molecule has 3 aliphatic heterocycles. The van der Waals surface area contributed by atoms with Crippen molar-refractivity contribution in [1.29, 1.82) is 0 Å². The maximum atomic E-state index is 13.3. The fourth-order valence-electron chi connectivity index (χ4n) is 6.52. The minimum atomic E-state index is -5.08. The first-order valence-corrected chi connectivity index (χ1v) is 16.6. The minimum Gasteiger partial charge on any atom is -0.475 e. The van der Waals surface area contributed by atoms with Crippen molar-refractivity contribution in [3.8, 4) is 0 Å². The average Bonchev–Trinajstić information content (AvgIpc) is 3.18. The Bertz CT molecular complexity index is 1510. The number of rotatable bonds is 7. The van der Waals surface area contributed by atoms with Gasteiger partial charge in [0.2, 0.25) is 10.0 Å². The van der Waals surface area contributed by atoms with E-state index in [4.69, 9.17) is 9.90 Å². The molecule has 3 atom stereocenters. The smallest absolute Gasteiger partial charge is 0.475 e. The lowest BCUT2D eigenvalue weighted by Crippen LogP contribution is -2.54. The number of carbonyl (C=O) groups is 2. The van der Waals surface area contributed by atoms with Gasteiger partial charge in [-0.05, 0) is 57.0 Å². The van der Waals surface area contributed by atoms with Crippen molar-refractivity contribution in [2.75, 3.05) is 45.5 Å². The van der Waals surface area contributed by atoms with Crippen LogP contribution >= 0.6 is 0 Å². The number of sulfonamides is 1. The number of aromatic nitrogens is 1. The van der Waals surface area contributed by atoms with Crippen molar-refractivity contribution in [1.82, 2.24) is 24.0 Å². The second-order valence-electron chi connectivity index (χ2n) is 12.0. The molecule has 0 saturated carbocycles. The van der Waals surface area contributed by atoms with E-state index in [0.29, 0.717) is 25.2 Å². The molecule has 2 N–H and O–H groups in total. The molecule has 5 rings (SSSR count). The Morgan fingerprint density at radius 2 is 1.59 bits per heavy atom. The van der Waals surface area contributed by atoms with Crippen molar-refractivity contribution in [2.24, 2.45) is 0 Å². The number of pyridine rings is 1. The third kappa shape index (κ3) is 7.98. The number of fused-ring (bicyclic) bond motifs is 3. The molecule has 1 aromatic heterocycles. The molecule has 244 valence electrons. The maximum Gasteiger partial charge on any atom is 0.490 e. The standard InChI is InChI=1S/C27H39N5O4S.C2HF3O2/c1-19(2)32-25-7-5-4-6-20(25)16-24(27(32)34)26(33)28-21-17-22-8-9-23(18-21)31(22)15-12-29-10-13-30(14-11-29)37(3,35)36;3-2(4,5)1(6)7/h4-7,16,19,21-23H,8-15,17-18H2,1-3H3,(H,28,33);(H,6,7)/t21?,22-,23+;. The molecule has 1 unspecified atom stereocenters. The van der Waals surface area contributed by atoms with E-state index < -0.39 is 22.2 Å². The van der Waals surface area contributed by atoms with Crippen molar-refractivity contribution in [3.05, 3.63) is 46.2 Å². The van der Waals surface area contributed by atoms with Gasteiger partial charge in [0, 0.05) is 63.4 Å². The highest BCUT2D eigenvalue weighted by molar-refractivity contribution is 7.88. The number of alkyl halides is 3. The molecular weight excluding hydrogens is 603 g/mol. The molecule has 3 aliphatic rings. The summed E-state index contributed by atoms with van der Waals surface area (Å²) in [5, 5.41) is 11.2. The van der Waals surface area contributed by atoms with Crippen LogP contribution in [0, 0.1) is 0 Å². The summed E-state index contributed by atoms with van der Waals surface area (Å²) >= 11 is 0. The first kappa shape index (κ1) is 33.9. The number of benzene rings is 1. The zero-order chi connectivity index (χ0) is 32.4. The number of carboxylic acid groups (broad SMARTS) is 1. The first-order valence-electron chi connectivity index (χ1n) is 14.7. The van der Waals surface area contributed by atoms with Gasteiger partial charge >= 0.3 is 12.1 Å². The summed E-state index contributed by atoms with van der Waals surface area (Å²) in [5.74, 6) is -3.03. The number of para-hydroxylation sites is 1.